The highest BCUT2D eigenvalue weighted by molar-refractivity contribution is 6.33. The molecule has 3 rings (SSSR count). The molecular weight excluding hydrogens is 328 g/mol. The molecule has 1 N–H and O–H groups in total. The number of hydrogen-bond donors (Lipinski definition) is 1. The highest BCUT2D eigenvalue weighted by Crippen LogP contribution is 2.31. The second-order valence-electron chi connectivity index (χ2n) is 5.28. The van der Waals surface area contributed by atoms with Gasteiger partial charge in [-0.05, 0) is 26.0 Å². The van der Waals surface area contributed by atoms with Crippen molar-refractivity contribution in [2.45, 2.75) is 20.4 Å². The molecule has 1 aromatic carbocycles. The molecule has 6 nitrogen and oxygen atoms in total. The van der Waals surface area contributed by atoms with E-state index in [0.29, 0.717) is 33.3 Å². The zero-order valence-electron chi connectivity index (χ0n) is 13.2. The van der Waals surface area contributed by atoms with Crippen LogP contribution in [0, 0.1) is 13.8 Å². The van der Waals surface area contributed by atoms with E-state index in [0.717, 1.165) is 5.69 Å². The maximum absolute atomic E-state index is 12.6. The first-order chi connectivity index (χ1) is 11.6. The van der Waals surface area contributed by atoms with Gasteiger partial charge in [0.2, 0.25) is 0 Å². The number of aromatic nitrogens is 3. The summed E-state index contributed by atoms with van der Waals surface area (Å²) in [4.78, 5) is 20.9. The summed E-state index contributed by atoms with van der Waals surface area (Å²) >= 11 is 6.19. The number of benzene rings is 1. The van der Waals surface area contributed by atoms with Gasteiger partial charge >= 0.3 is 0 Å². The largest absolute Gasteiger partial charge is 0.355 e. The Kier molecular flexibility index (Phi) is 4.57. The van der Waals surface area contributed by atoms with Crippen LogP contribution in [0.25, 0.3) is 11.3 Å². The first-order valence-electron chi connectivity index (χ1n) is 7.33. The van der Waals surface area contributed by atoms with Gasteiger partial charge in [-0.15, -0.1) is 0 Å². The van der Waals surface area contributed by atoms with E-state index in [2.05, 4.69) is 20.4 Å². The third-order valence-corrected chi connectivity index (χ3v) is 3.80. The van der Waals surface area contributed by atoms with Crippen molar-refractivity contribution in [2.75, 3.05) is 0 Å². The monoisotopic (exact) mass is 342 g/mol. The van der Waals surface area contributed by atoms with Crippen LogP contribution in [0.3, 0.4) is 0 Å². The van der Waals surface area contributed by atoms with E-state index in [1.807, 2.05) is 19.1 Å². The fourth-order valence-corrected chi connectivity index (χ4v) is 2.46. The van der Waals surface area contributed by atoms with Crippen molar-refractivity contribution in [1.29, 1.82) is 0 Å². The summed E-state index contributed by atoms with van der Waals surface area (Å²) in [7, 11) is 0. The Balaban J connectivity index is 1.84. The van der Waals surface area contributed by atoms with E-state index < -0.39 is 0 Å². The number of nitrogens with one attached hydrogen (secondary N) is 1. The molecule has 0 aliphatic carbocycles. The fourth-order valence-electron chi connectivity index (χ4n) is 2.24. The standard InChI is InChI=1S/C17H15ClN4O2/c1-10-7-20-12(8-19-10)9-21-17(23)15-11(2)22-24-16(15)13-5-3-4-6-14(13)18/h3-8H,9H2,1-2H3,(H,21,23). The number of amides is 1. The van der Waals surface area contributed by atoms with Gasteiger partial charge in [-0.1, -0.05) is 28.9 Å². The van der Waals surface area contributed by atoms with Crippen molar-refractivity contribution in [3.63, 3.8) is 0 Å². The quantitative estimate of drug-likeness (QED) is 0.786. The maximum atomic E-state index is 12.6. The molecule has 3 aromatic rings. The lowest BCUT2D eigenvalue weighted by Gasteiger charge is -2.06. The third-order valence-electron chi connectivity index (χ3n) is 3.47. The smallest absolute Gasteiger partial charge is 0.257 e. The van der Waals surface area contributed by atoms with Crippen LogP contribution in [0.4, 0.5) is 0 Å². The fraction of sp³-hybridized carbons (Fsp3) is 0.176. The summed E-state index contributed by atoms with van der Waals surface area (Å²) in [5.74, 6) is 0.0524. The average molecular weight is 343 g/mol. The van der Waals surface area contributed by atoms with Crippen LogP contribution in [0.1, 0.15) is 27.4 Å². The topological polar surface area (TPSA) is 80.9 Å². The summed E-state index contributed by atoms with van der Waals surface area (Å²) in [6, 6.07) is 7.15. The first kappa shape index (κ1) is 16.1. The zero-order valence-corrected chi connectivity index (χ0v) is 14.0. The molecule has 0 radical (unpaired) electrons. The van der Waals surface area contributed by atoms with E-state index in [1.165, 1.54) is 0 Å². The number of hydrogen-bond acceptors (Lipinski definition) is 5. The van der Waals surface area contributed by atoms with Gasteiger partial charge in [-0.3, -0.25) is 14.8 Å². The number of carbonyl (C=O) groups excluding carboxylic acids is 1. The summed E-state index contributed by atoms with van der Waals surface area (Å²) < 4.78 is 5.33. The van der Waals surface area contributed by atoms with E-state index >= 15 is 0 Å². The molecule has 0 unspecified atom stereocenters. The minimum atomic E-state index is -0.300. The van der Waals surface area contributed by atoms with Gasteiger partial charge < -0.3 is 9.84 Å². The first-order valence-corrected chi connectivity index (χ1v) is 7.71. The number of halogens is 1. The maximum Gasteiger partial charge on any atom is 0.257 e. The van der Waals surface area contributed by atoms with E-state index in [9.17, 15) is 4.79 Å². The minimum Gasteiger partial charge on any atom is -0.355 e. The number of rotatable bonds is 4. The summed E-state index contributed by atoms with van der Waals surface area (Å²) in [6.45, 7) is 3.83. The molecule has 0 fully saturated rings. The summed E-state index contributed by atoms with van der Waals surface area (Å²) in [6.07, 6.45) is 3.28. The number of nitrogens with zero attached hydrogens (tertiary/aromatic N) is 3. The third kappa shape index (κ3) is 3.28. The Labute approximate surface area is 143 Å². The van der Waals surface area contributed by atoms with Gasteiger partial charge in [-0.25, -0.2) is 0 Å². The molecule has 0 saturated heterocycles. The van der Waals surface area contributed by atoms with Crippen molar-refractivity contribution in [3.05, 3.63) is 64.3 Å². The molecule has 0 aliphatic rings. The second-order valence-corrected chi connectivity index (χ2v) is 5.69. The SMILES string of the molecule is Cc1cnc(CNC(=O)c2c(C)noc2-c2ccccc2Cl)cn1. The van der Waals surface area contributed by atoms with Crippen LogP contribution >= 0.6 is 11.6 Å². The Morgan fingerprint density at radius 3 is 2.71 bits per heavy atom. The second kappa shape index (κ2) is 6.80. The van der Waals surface area contributed by atoms with Crippen molar-refractivity contribution in [1.82, 2.24) is 20.4 Å². The number of carbonyl (C=O) groups is 1. The molecule has 0 saturated carbocycles. The normalized spacial score (nSPS) is 10.6. The molecule has 2 heterocycles. The van der Waals surface area contributed by atoms with Crippen molar-refractivity contribution < 1.29 is 9.32 Å². The molecule has 1 amide bonds. The molecule has 0 bridgehead atoms. The predicted octanol–water partition coefficient (Wildman–Crippen LogP) is 3.33. The predicted molar refractivity (Wildman–Crippen MR) is 89.6 cm³/mol. The van der Waals surface area contributed by atoms with Gasteiger partial charge in [0.25, 0.3) is 5.91 Å². The van der Waals surface area contributed by atoms with Crippen molar-refractivity contribution in [2.24, 2.45) is 0 Å². The van der Waals surface area contributed by atoms with Gasteiger partial charge in [-0.2, -0.15) is 0 Å². The van der Waals surface area contributed by atoms with Crippen molar-refractivity contribution in [3.8, 4) is 11.3 Å². The molecule has 0 aliphatic heterocycles. The Bertz CT molecular complexity index is 875. The molecule has 7 heteroatoms. The Morgan fingerprint density at radius 1 is 1.21 bits per heavy atom. The van der Waals surface area contributed by atoms with E-state index in [-0.39, 0.29) is 12.5 Å². The lowest BCUT2D eigenvalue weighted by molar-refractivity contribution is 0.0950. The molecular formula is C17H15ClN4O2. The van der Waals surface area contributed by atoms with Gasteiger partial charge in [0.1, 0.15) is 5.56 Å². The van der Waals surface area contributed by atoms with Crippen LogP contribution in [0.2, 0.25) is 5.02 Å². The lowest BCUT2D eigenvalue weighted by Crippen LogP contribution is -2.24. The molecule has 24 heavy (non-hydrogen) atoms. The van der Waals surface area contributed by atoms with E-state index in [1.54, 1.807) is 31.5 Å². The van der Waals surface area contributed by atoms with Gasteiger partial charge in [0.15, 0.2) is 5.76 Å². The molecule has 0 spiro atoms. The zero-order chi connectivity index (χ0) is 17.1. The molecule has 122 valence electrons. The highest BCUT2D eigenvalue weighted by Gasteiger charge is 2.23. The van der Waals surface area contributed by atoms with E-state index in [4.69, 9.17) is 16.1 Å². The van der Waals surface area contributed by atoms with Crippen LogP contribution in [0.5, 0.6) is 0 Å². The summed E-state index contributed by atoms with van der Waals surface area (Å²) in [5.41, 5.74) is 2.98. The van der Waals surface area contributed by atoms with Crippen LogP contribution in [0.15, 0.2) is 41.2 Å². The Hall–Kier alpha value is -2.73. The minimum absolute atomic E-state index is 0.263. The van der Waals surface area contributed by atoms with Crippen LogP contribution < -0.4 is 5.32 Å². The molecule has 2 aromatic heterocycles. The molecule has 0 atom stereocenters. The van der Waals surface area contributed by atoms with Crippen LogP contribution in [-0.4, -0.2) is 21.0 Å². The summed E-state index contributed by atoms with van der Waals surface area (Å²) in [5, 5.41) is 7.20. The van der Waals surface area contributed by atoms with Crippen molar-refractivity contribution >= 4 is 17.5 Å². The van der Waals surface area contributed by atoms with Crippen LogP contribution in [-0.2, 0) is 6.54 Å². The highest BCUT2D eigenvalue weighted by atomic mass is 35.5. The Morgan fingerprint density at radius 2 is 2.00 bits per heavy atom. The number of aryl methyl sites for hydroxylation is 2. The average Bonchev–Trinajstić information content (AvgIpc) is 2.96. The lowest BCUT2D eigenvalue weighted by atomic mass is 10.1. The van der Waals surface area contributed by atoms with Gasteiger partial charge in [0, 0.05) is 11.8 Å². The van der Waals surface area contributed by atoms with Gasteiger partial charge in [0.05, 0.1) is 34.8 Å².